The summed E-state index contributed by atoms with van der Waals surface area (Å²) in [5.41, 5.74) is 6.88. The lowest BCUT2D eigenvalue weighted by molar-refractivity contribution is -0.143. The topological polar surface area (TPSA) is 55.6 Å². The molecular formula is C16H24N2O2. The normalized spacial score (nSPS) is 17.8. The number of nitrogens with zero attached hydrogens (tertiary/aromatic N) is 1. The van der Waals surface area contributed by atoms with Crippen LogP contribution < -0.4 is 5.73 Å². The quantitative estimate of drug-likeness (QED) is 0.769. The first-order valence-corrected chi connectivity index (χ1v) is 7.20. The molecule has 1 aromatic carbocycles. The van der Waals surface area contributed by atoms with E-state index >= 15 is 0 Å². The molecule has 0 aliphatic heterocycles. The van der Waals surface area contributed by atoms with Crippen molar-refractivity contribution < 1.29 is 9.53 Å². The standard InChI is InChI=1S/C16H24N2O2/c1-18(15(10-17)13-8-9-13)11-14(16(19)20-2)12-6-4-3-5-7-12/h3-7,13-15H,8-11,17H2,1-2H3. The Hall–Kier alpha value is -1.39. The molecule has 1 fully saturated rings. The summed E-state index contributed by atoms with van der Waals surface area (Å²) in [5.74, 6) is 0.257. The summed E-state index contributed by atoms with van der Waals surface area (Å²) in [6.45, 7) is 1.29. The summed E-state index contributed by atoms with van der Waals surface area (Å²) in [4.78, 5) is 14.3. The molecule has 0 bridgehead atoms. The third-order valence-electron chi connectivity index (χ3n) is 4.13. The van der Waals surface area contributed by atoms with E-state index in [2.05, 4.69) is 11.9 Å². The minimum atomic E-state index is -0.251. The van der Waals surface area contributed by atoms with Gasteiger partial charge in [-0.3, -0.25) is 4.79 Å². The van der Waals surface area contributed by atoms with Crippen LogP contribution in [0.3, 0.4) is 0 Å². The number of carbonyl (C=O) groups excluding carboxylic acids is 1. The fourth-order valence-electron chi connectivity index (χ4n) is 2.78. The molecular weight excluding hydrogens is 252 g/mol. The maximum Gasteiger partial charge on any atom is 0.314 e. The zero-order valence-electron chi connectivity index (χ0n) is 12.3. The number of hydrogen-bond donors (Lipinski definition) is 1. The molecule has 2 rings (SSSR count). The molecule has 0 heterocycles. The Morgan fingerprint density at radius 3 is 2.55 bits per heavy atom. The molecule has 0 amide bonds. The Morgan fingerprint density at radius 2 is 2.05 bits per heavy atom. The number of benzene rings is 1. The van der Waals surface area contributed by atoms with E-state index in [9.17, 15) is 4.79 Å². The molecule has 4 nitrogen and oxygen atoms in total. The van der Waals surface area contributed by atoms with Crippen LogP contribution in [0.4, 0.5) is 0 Å². The zero-order valence-corrected chi connectivity index (χ0v) is 12.3. The minimum absolute atomic E-state index is 0.186. The third-order valence-corrected chi connectivity index (χ3v) is 4.13. The zero-order chi connectivity index (χ0) is 14.5. The van der Waals surface area contributed by atoms with Crippen LogP contribution in [0.1, 0.15) is 24.3 Å². The van der Waals surface area contributed by atoms with E-state index in [-0.39, 0.29) is 11.9 Å². The first-order valence-electron chi connectivity index (χ1n) is 7.20. The lowest BCUT2D eigenvalue weighted by atomic mass is 9.97. The molecule has 0 spiro atoms. The smallest absolute Gasteiger partial charge is 0.314 e. The molecule has 1 aliphatic carbocycles. The van der Waals surface area contributed by atoms with Gasteiger partial charge in [0.2, 0.25) is 0 Å². The van der Waals surface area contributed by atoms with Gasteiger partial charge in [-0.1, -0.05) is 30.3 Å². The number of ether oxygens (including phenoxy) is 1. The molecule has 2 N–H and O–H groups in total. The van der Waals surface area contributed by atoms with Crippen molar-refractivity contribution >= 4 is 5.97 Å². The summed E-state index contributed by atoms with van der Waals surface area (Å²) in [6, 6.07) is 10.2. The molecule has 0 aromatic heterocycles. The van der Waals surface area contributed by atoms with Crippen LogP contribution in [0.2, 0.25) is 0 Å². The molecule has 4 heteroatoms. The third kappa shape index (κ3) is 3.58. The first kappa shape index (κ1) is 15.0. The van der Waals surface area contributed by atoms with E-state index < -0.39 is 0 Å². The maximum absolute atomic E-state index is 12.1. The summed E-state index contributed by atoms with van der Waals surface area (Å²) < 4.78 is 4.96. The highest BCUT2D eigenvalue weighted by Gasteiger charge is 2.34. The molecule has 0 radical (unpaired) electrons. The summed E-state index contributed by atoms with van der Waals surface area (Å²) in [6.07, 6.45) is 2.50. The van der Waals surface area contributed by atoms with Gasteiger partial charge in [-0.15, -0.1) is 0 Å². The maximum atomic E-state index is 12.1. The number of nitrogens with two attached hydrogens (primary N) is 1. The van der Waals surface area contributed by atoms with Crippen LogP contribution in [-0.4, -0.2) is 44.2 Å². The van der Waals surface area contributed by atoms with E-state index in [1.165, 1.54) is 20.0 Å². The molecule has 1 aliphatic rings. The Kier molecular flexibility index (Phi) is 5.15. The van der Waals surface area contributed by atoms with E-state index in [0.717, 1.165) is 5.56 Å². The Labute approximate surface area is 120 Å². The number of esters is 1. The molecule has 2 atom stereocenters. The van der Waals surface area contributed by atoms with Crippen molar-refractivity contribution in [2.75, 3.05) is 27.2 Å². The number of carbonyl (C=O) groups is 1. The lowest BCUT2D eigenvalue weighted by Gasteiger charge is -2.30. The highest BCUT2D eigenvalue weighted by atomic mass is 16.5. The largest absolute Gasteiger partial charge is 0.469 e. The monoisotopic (exact) mass is 276 g/mol. The van der Waals surface area contributed by atoms with Crippen molar-refractivity contribution in [2.24, 2.45) is 11.7 Å². The highest BCUT2D eigenvalue weighted by Crippen LogP contribution is 2.35. The fourth-order valence-corrected chi connectivity index (χ4v) is 2.78. The van der Waals surface area contributed by atoms with Crippen LogP contribution in [0.5, 0.6) is 0 Å². The molecule has 1 aromatic rings. The summed E-state index contributed by atoms with van der Waals surface area (Å²) >= 11 is 0. The number of likely N-dealkylation sites (N-methyl/N-ethyl adjacent to an activating group) is 1. The van der Waals surface area contributed by atoms with Crippen molar-refractivity contribution in [3.63, 3.8) is 0 Å². The van der Waals surface area contributed by atoms with Gasteiger partial charge in [-0.05, 0) is 31.4 Å². The number of hydrogen-bond acceptors (Lipinski definition) is 4. The van der Waals surface area contributed by atoms with Crippen molar-refractivity contribution in [1.29, 1.82) is 0 Å². The van der Waals surface area contributed by atoms with Gasteiger partial charge in [0.15, 0.2) is 0 Å². The van der Waals surface area contributed by atoms with Crippen LogP contribution in [0.15, 0.2) is 30.3 Å². The number of rotatable bonds is 7. The van der Waals surface area contributed by atoms with Gasteiger partial charge in [0.25, 0.3) is 0 Å². The second kappa shape index (κ2) is 6.86. The molecule has 0 saturated heterocycles. The van der Waals surface area contributed by atoms with E-state index in [0.29, 0.717) is 25.0 Å². The van der Waals surface area contributed by atoms with Gasteiger partial charge in [0.05, 0.1) is 13.0 Å². The molecule has 2 unspecified atom stereocenters. The SMILES string of the molecule is COC(=O)C(CN(C)C(CN)C1CC1)c1ccccc1. The van der Waals surface area contributed by atoms with Crippen molar-refractivity contribution in [1.82, 2.24) is 4.90 Å². The average molecular weight is 276 g/mol. The first-order chi connectivity index (χ1) is 9.67. The van der Waals surface area contributed by atoms with Gasteiger partial charge in [0, 0.05) is 19.1 Å². The van der Waals surface area contributed by atoms with Gasteiger partial charge in [-0.2, -0.15) is 0 Å². The van der Waals surface area contributed by atoms with Gasteiger partial charge >= 0.3 is 5.97 Å². The minimum Gasteiger partial charge on any atom is -0.469 e. The van der Waals surface area contributed by atoms with E-state index in [1.54, 1.807) is 0 Å². The lowest BCUT2D eigenvalue weighted by Crippen LogP contribution is -2.42. The average Bonchev–Trinajstić information content (AvgIpc) is 3.30. The van der Waals surface area contributed by atoms with E-state index in [4.69, 9.17) is 10.5 Å². The fraction of sp³-hybridized carbons (Fsp3) is 0.562. The van der Waals surface area contributed by atoms with Crippen molar-refractivity contribution in [3.8, 4) is 0 Å². The summed E-state index contributed by atoms with van der Waals surface area (Å²) in [7, 11) is 3.49. The Balaban J connectivity index is 2.09. The van der Waals surface area contributed by atoms with Gasteiger partial charge < -0.3 is 15.4 Å². The molecule has 20 heavy (non-hydrogen) atoms. The Bertz CT molecular complexity index is 431. The van der Waals surface area contributed by atoms with Crippen LogP contribution in [0, 0.1) is 5.92 Å². The second-order valence-electron chi connectivity index (χ2n) is 5.57. The van der Waals surface area contributed by atoms with Gasteiger partial charge in [0.1, 0.15) is 0 Å². The molecule has 1 saturated carbocycles. The Morgan fingerprint density at radius 1 is 1.40 bits per heavy atom. The molecule has 110 valence electrons. The predicted octanol–water partition coefficient (Wildman–Crippen LogP) is 1.61. The highest BCUT2D eigenvalue weighted by molar-refractivity contribution is 5.78. The van der Waals surface area contributed by atoms with Crippen molar-refractivity contribution in [3.05, 3.63) is 35.9 Å². The van der Waals surface area contributed by atoms with E-state index in [1.807, 2.05) is 30.3 Å². The van der Waals surface area contributed by atoms with Crippen LogP contribution in [-0.2, 0) is 9.53 Å². The van der Waals surface area contributed by atoms with Crippen LogP contribution >= 0.6 is 0 Å². The second-order valence-corrected chi connectivity index (χ2v) is 5.57. The van der Waals surface area contributed by atoms with Gasteiger partial charge in [-0.25, -0.2) is 0 Å². The van der Waals surface area contributed by atoms with Crippen LogP contribution in [0.25, 0.3) is 0 Å². The number of methoxy groups -OCH3 is 1. The summed E-state index contributed by atoms with van der Waals surface area (Å²) in [5, 5.41) is 0. The van der Waals surface area contributed by atoms with Crippen molar-refractivity contribution in [2.45, 2.75) is 24.8 Å². The predicted molar refractivity (Wildman–Crippen MR) is 79.4 cm³/mol.